The molecule has 0 bridgehead atoms. The molecule has 1 unspecified atom stereocenters. The van der Waals surface area contributed by atoms with Crippen LogP contribution < -0.4 is 4.90 Å². The van der Waals surface area contributed by atoms with Crippen LogP contribution >= 0.6 is 0 Å². The lowest BCUT2D eigenvalue weighted by atomic mass is 9.73. The maximum Gasteiger partial charge on any atom is 0.250 e. The number of fused-ring (bicyclic) bond motifs is 3. The largest absolute Gasteiger partial charge is 0.394 e. The van der Waals surface area contributed by atoms with Gasteiger partial charge < -0.3 is 24.5 Å². The zero-order valence-corrected chi connectivity index (χ0v) is 25.7. The van der Waals surface area contributed by atoms with Gasteiger partial charge in [0.25, 0.3) is 5.91 Å². The van der Waals surface area contributed by atoms with Gasteiger partial charge in [-0.1, -0.05) is 80.6 Å². The number of para-hydroxylation sites is 2. The van der Waals surface area contributed by atoms with E-state index in [9.17, 15) is 19.5 Å². The molecule has 2 aromatic carbocycles. The van der Waals surface area contributed by atoms with Gasteiger partial charge in [-0.25, -0.2) is 4.68 Å². The molecule has 45 heavy (non-hydrogen) atoms. The Morgan fingerprint density at radius 2 is 1.67 bits per heavy atom. The summed E-state index contributed by atoms with van der Waals surface area (Å²) >= 11 is 0. The molecule has 11 nitrogen and oxygen atoms in total. The van der Waals surface area contributed by atoms with E-state index in [4.69, 9.17) is 4.74 Å². The Balaban J connectivity index is 1.35. The van der Waals surface area contributed by atoms with Crippen molar-refractivity contribution in [1.29, 1.82) is 0 Å². The van der Waals surface area contributed by atoms with Crippen LogP contribution in [0.4, 0.5) is 5.69 Å². The number of benzene rings is 2. The monoisotopic (exact) mass is 610 g/mol. The van der Waals surface area contributed by atoms with Gasteiger partial charge >= 0.3 is 0 Å². The summed E-state index contributed by atoms with van der Waals surface area (Å²) in [4.78, 5) is 49.1. The number of anilines is 1. The van der Waals surface area contributed by atoms with Crippen LogP contribution in [0, 0.1) is 17.8 Å². The molecule has 3 aromatic rings. The third kappa shape index (κ3) is 4.28. The Morgan fingerprint density at radius 1 is 0.933 bits per heavy atom. The van der Waals surface area contributed by atoms with E-state index in [-0.39, 0.29) is 43.5 Å². The number of amides is 3. The number of likely N-dealkylation sites (tertiary alicyclic amines) is 1. The van der Waals surface area contributed by atoms with Crippen LogP contribution in [0.25, 0.3) is 11.0 Å². The van der Waals surface area contributed by atoms with E-state index >= 15 is 0 Å². The normalized spacial score (nSPS) is 30.1. The molecule has 5 heterocycles. The lowest BCUT2D eigenvalue weighted by molar-refractivity contribution is -0.157. The molecule has 234 valence electrons. The van der Waals surface area contributed by atoms with Gasteiger partial charge in [-0.3, -0.25) is 14.4 Å². The van der Waals surface area contributed by atoms with E-state index in [2.05, 4.69) is 10.3 Å². The fourth-order valence-electron chi connectivity index (χ4n) is 7.87. The summed E-state index contributed by atoms with van der Waals surface area (Å²) in [5, 5.41) is 19.1. The molecule has 7 rings (SSSR count). The third-order valence-corrected chi connectivity index (χ3v) is 10.1. The lowest BCUT2D eigenvalue weighted by Gasteiger charge is -2.41. The van der Waals surface area contributed by atoms with Crippen LogP contribution in [-0.2, 0) is 25.8 Å². The van der Waals surface area contributed by atoms with Gasteiger partial charge in [-0.2, -0.15) is 0 Å². The summed E-state index contributed by atoms with van der Waals surface area (Å²) in [6.45, 7) is 6.15. The molecule has 2 fully saturated rings. The van der Waals surface area contributed by atoms with Crippen molar-refractivity contribution in [1.82, 2.24) is 24.8 Å². The Labute approximate surface area is 261 Å². The number of aliphatic hydroxyl groups is 1. The molecular weight excluding hydrogens is 572 g/mol. The first-order chi connectivity index (χ1) is 21.8. The minimum Gasteiger partial charge on any atom is -0.394 e. The van der Waals surface area contributed by atoms with E-state index in [1.807, 2.05) is 99.7 Å². The van der Waals surface area contributed by atoms with Crippen LogP contribution in [0.5, 0.6) is 0 Å². The van der Waals surface area contributed by atoms with Gasteiger partial charge in [-0.05, 0) is 36.6 Å². The number of carbonyl (C=O) groups excluding carboxylic acids is 3. The fourth-order valence-corrected chi connectivity index (χ4v) is 7.87. The van der Waals surface area contributed by atoms with Crippen LogP contribution in [0.2, 0.25) is 0 Å². The number of rotatable bonds is 7. The highest BCUT2D eigenvalue weighted by Gasteiger charge is 2.76. The zero-order valence-electron chi connectivity index (χ0n) is 25.7. The predicted molar refractivity (Wildman–Crippen MR) is 166 cm³/mol. The van der Waals surface area contributed by atoms with E-state index in [0.717, 1.165) is 11.2 Å². The van der Waals surface area contributed by atoms with Gasteiger partial charge in [0.05, 0.1) is 35.6 Å². The van der Waals surface area contributed by atoms with Crippen LogP contribution in [0.15, 0.2) is 78.9 Å². The molecule has 6 atom stereocenters. The Morgan fingerprint density at radius 3 is 2.40 bits per heavy atom. The molecule has 3 amide bonds. The Bertz CT molecular complexity index is 1700. The van der Waals surface area contributed by atoms with Crippen molar-refractivity contribution >= 4 is 34.4 Å². The van der Waals surface area contributed by atoms with Gasteiger partial charge in [0.1, 0.15) is 23.8 Å². The highest BCUT2D eigenvalue weighted by Crippen LogP contribution is 2.59. The van der Waals surface area contributed by atoms with E-state index in [0.29, 0.717) is 18.5 Å². The average Bonchev–Trinajstić information content (AvgIpc) is 3.58. The number of carbonyl (C=O) groups is 3. The summed E-state index contributed by atoms with van der Waals surface area (Å²) < 4.78 is 8.75. The zero-order chi connectivity index (χ0) is 31.5. The molecule has 2 saturated heterocycles. The molecule has 4 aliphatic heterocycles. The molecule has 0 saturated carbocycles. The van der Waals surface area contributed by atoms with Crippen molar-refractivity contribution in [2.75, 3.05) is 24.6 Å². The quantitative estimate of drug-likeness (QED) is 0.409. The van der Waals surface area contributed by atoms with Crippen LogP contribution in [0.3, 0.4) is 0 Å². The highest BCUT2D eigenvalue weighted by atomic mass is 16.5. The van der Waals surface area contributed by atoms with E-state index < -0.39 is 35.1 Å². The predicted octanol–water partition coefficient (Wildman–Crippen LogP) is 2.77. The van der Waals surface area contributed by atoms with Gasteiger partial charge in [-0.15, -0.1) is 5.10 Å². The maximum atomic E-state index is 14.8. The third-order valence-electron chi connectivity index (χ3n) is 10.1. The molecule has 4 aliphatic rings. The van der Waals surface area contributed by atoms with Crippen molar-refractivity contribution in [2.45, 2.75) is 57.1 Å². The topological polar surface area (TPSA) is 121 Å². The summed E-state index contributed by atoms with van der Waals surface area (Å²) in [7, 11) is 0. The molecule has 11 heteroatoms. The van der Waals surface area contributed by atoms with Gasteiger partial charge in [0.2, 0.25) is 11.8 Å². The molecular formula is C34H38N6O5. The number of aromatic nitrogens is 3. The SMILES string of the molecule is CC[C@@]12C=CCN(c3ccccc3)C(=O)[C@@H]1[C@H]1C(=O)N([C@@H](CO)C(C)C)C3C(=O)N(Cn4nnc5ccccc54)CC=C[C@@]31O2. The van der Waals surface area contributed by atoms with Crippen molar-refractivity contribution in [3.05, 3.63) is 78.9 Å². The molecule has 1 spiro atoms. The lowest BCUT2D eigenvalue weighted by Crippen LogP contribution is -2.60. The van der Waals surface area contributed by atoms with Crippen molar-refractivity contribution in [3.8, 4) is 0 Å². The second-order valence-electron chi connectivity index (χ2n) is 12.7. The summed E-state index contributed by atoms with van der Waals surface area (Å²) in [6.07, 6.45) is 7.99. The summed E-state index contributed by atoms with van der Waals surface area (Å²) in [5.74, 6) is -2.90. The smallest absolute Gasteiger partial charge is 0.250 e. The molecule has 1 N–H and O–H groups in total. The van der Waals surface area contributed by atoms with Crippen LogP contribution in [0.1, 0.15) is 27.2 Å². The van der Waals surface area contributed by atoms with Crippen molar-refractivity contribution < 1.29 is 24.2 Å². The number of hydrogen-bond acceptors (Lipinski definition) is 7. The first-order valence-corrected chi connectivity index (χ1v) is 15.7. The number of hydrogen-bond donors (Lipinski definition) is 1. The van der Waals surface area contributed by atoms with E-state index in [1.165, 1.54) is 4.90 Å². The number of nitrogens with zero attached hydrogens (tertiary/aromatic N) is 6. The Hall–Kier alpha value is -4.35. The summed E-state index contributed by atoms with van der Waals surface area (Å²) in [6, 6.07) is 15.2. The first kappa shape index (κ1) is 29.4. The number of ether oxygens (including phenoxy) is 1. The van der Waals surface area contributed by atoms with Gasteiger partial charge in [0, 0.05) is 18.8 Å². The van der Waals surface area contributed by atoms with E-state index in [1.54, 1.807) is 14.5 Å². The van der Waals surface area contributed by atoms with Crippen LogP contribution in [-0.4, -0.2) is 90.6 Å². The first-order valence-electron chi connectivity index (χ1n) is 15.7. The molecule has 0 aliphatic carbocycles. The van der Waals surface area contributed by atoms with Gasteiger partial charge in [0.15, 0.2) is 0 Å². The standard InChI is InChI=1S/C34H38N6O5/c1-4-33-16-10-19-38(23-12-6-5-7-13-23)30(42)27(33)28-31(43)40(26(20-41)22(2)3)29-32(44)37(18-11-17-34(28,29)45-33)21-39-25-15-9-8-14-24(25)35-36-39/h5-17,22,26-29,41H,4,18-21H2,1-3H3/t26-,27-,28-,29?,33+,34-/m0/s1. The van der Waals surface area contributed by atoms with Crippen molar-refractivity contribution in [3.63, 3.8) is 0 Å². The minimum atomic E-state index is -1.42. The van der Waals surface area contributed by atoms with Crippen molar-refractivity contribution in [2.24, 2.45) is 17.8 Å². The fraction of sp³-hybridized carbons (Fsp3) is 0.441. The average molecular weight is 611 g/mol. The summed E-state index contributed by atoms with van der Waals surface area (Å²) in [5.41, 5.74) is -0.299. The molecule has 1 aromatic heterocycles. The number of aliphatic hydroxyl groups excluding tert-OH is 1. The minimum absolute atomic E-state index is 0.109. The highest BCUT2D eigenvalue weighted by molar-refractivity contribution is 6.04. The Kier molecular flexibility index (Phi) is 7.13. The molecule has 0 radical (unpaired) electrons. The maximum absolute atomic E-state index is 14.8. The second-order valence-corrected chi connectivity index (χ2v) is 12.7. The second kappa shape index (κ2) is 10.9.